The molecule has 1 N–H and O–H groups in total. The van der Waals surface area contributed by atoms with Gasteiger partial charge >= 0.3 is 0 Å². The van der Waals surface area contributed by atoms with Crippen LogP contribution in [0.4, 0.5) is 11.4 Å². The summed E-state index contributed by atoms with van der Waals surface area (Å²) >= 11 is 18.5. The summed E-state index contributed by atoms with van der Waals surface area (Å²) in [7, 11) is 4.03. The van der Waals surface area contributed by atoms with E-state index < -0.39 is 0 Å². The van der Waals surface area contributed by atoms with Gasteiger partial charge < -0.3 is 19.5 Å². The van der Waals surface area contributed by atoms with E-state index in [-0.39, 0.29) is 12.1 Å². The molecule has 5 nitrogen and oxygen atoms in total. The summed E-state index contributed by atoms with van der Waals surface area (Å²) in [5.41, 5.74) is 3.69. The van der Waals surface area contributed by atoms with Crippen LogP contribution >= 0.6 is 35.4 Å². The molecule has 4 aromatic rings. The Labute approximate surface area is 213 Å². The van der Waals surface area contributed by atoms with E-state index in [0.29, 0.717) is 20.9 Å². The number of nitrogens with one attached hydrogen (secondary N) is 1. The number of anilines is 2. The first kappa shape index (κ1) is 22.7. The minimum atomic E-state index is -0.251. The molecule has 1 aliphatic heterocycles. The number of hydrogen-bond donors (Lipinski definition) is 1. The Kier molecular flexibility index (Phi) is 6.21. The van der Waals surface area contributed by atoms with Crippen LogP contribution in [0.3, 0.4) is 0 Å². The third-order valence-corrected chi connectivity index (χ3v) is 7.01. The zero-order valence-electron chi connectivity index (χ0n) is 18.6. The van der Waals surface area contributed by atoms with E-state index in [1.165, 1.54) is 0 Å². The van der Waals surface area contributed by atoms with Crippen LogP contribution in [0.2, 0.25) is 10.0 Å². The first-order chi connectivity index (χ1) is 16.4. The zero-order chi connectivity index (χ0) is 23.8. The van der Waals surface area contributed by atoms with E-state index in [2.05, 4.69) is 44.4 Å². The van der Waals surface area contributed by atoms with Gasteiger partial charge in [-0.15, -0.1) is 0 Å². The highest BCUT2D eigenvalue weighted by molar-refractivity contribution is 7.80. The number of thiocarbonyl (C=S) groups is 1. The number of pyridine rings is 1. The van der Waals surface area contributed by atoms with Crippen LogP contribution in [0, 0.1) is 0 Å². The van der Waals surface area contributed by atoms with Crippen molar-refractivity contribution < 1.29 is 4.42 Å². The zero-order valence-corrected chi connectivity index (χ0v) is 20.9. The minimum absolute atomic E-state index is 0.198. The van der Waals surface area contributed by atoms with Gasteiger partial charge in [0.15, 0.2) is 5.11 Å². The molecule has 1 fully saturated rings. The lowest BCUT2D eigenvalue weighted by Gasteiger charge is -2.26. The summed E-state index contributed by atoms with van der Waals surface area (Å²) < 4.78 is 6.38. The lowest BCUT2D eigenvalue weighted by Crippen LogP contribution is -2.29. The van der Waals surface area contributed by atoms with Crippen LogP contribution in [-0.4, -0.2) is 24.2 Å². The van der Waals surface area contributed by atoms with Crippen molar-refractivity contribution in [3.05, 3.63) is 100 Å². The summed E-state index contributed by atoms with van der Waals surface area (Å²) in [4.78, 5) is 8.73. The summed E-state index contributed by atoms with van der Waals surface area (Å²) in [5, 5.41) is 5.00. The monoisotopic (exact) mass is 508 g/mol. The molecule has 1 saturated heterocycles. The van der Waals surface area contributed by atoms with Gasteiger partial charge in [0.1, 0.15) is 17.6 Å². The normalized spacial score (nSPS) is 17.6. The van der Waals surface area contributed by atoms with E-state index >= 15 is 0 Å². The quantitative estimate of drug-likeness (QED) is 0.296. The van der Waals surface area contributed by atoms with Gasteiger partial charge in [0.25, 0.3) is 0 Å². The average Bonchev–Trinajstić information content (AvgIpc) is 3.46. The van der Waals surface area contributed by atoms with E-state index in [4.69, 9.17) is 39.8 Å². The number of hydrogen-bond acceptors (Lipinski definition) is 4. The fourth-order valence-electron chi connectivity index (χ4n) is 4.18. The first-order valence-corrected chi connectivity index (χ1v) is 11.9. The Morgan fingerprint density at radius 2 is 1.76 bits per heavy atom. The van der Waals surface area contributed by atoms with Crippen LogP contribution in [-0.2, 0) is 0 Å². The van der Waals surface area contributed by atoms with Gasteiger partial charge in [0.05, 0.1) is 21.8 Å². The molecule has 34 heavy (non-hydrogen) atoms. The maximum absolute atomic E-state index is 6.46. The molecule has 0 unspecified atom stereocenters. The Morgan fingerprint density at radius 3 is 2.47 bits per heavy atom. The van der Waals surface area contributed by atoms with Crippen LogP contribution < -0.4 is 15.1 Å². The van der Waals surface area contributed by atoms with Crippen molar-refractivity contribution in [1.29, 1.82) is 0 Å². The fourth-order valence-corrected chi connectivity index (χ4v) is 4.92. The van der Waals surface area contributed by atoms with Gasteiger partial charge in [-0.05, 0) is 72.9 Å². The third kappa shape index (κ3) is 4.13. The molecule has 0 amide bonds. The summed E-state index contributed by atoms with van der Waals surface area (Å²) in [6.07, 6.45) is 1.78. The number of benzene rings is 2. The maximum atomic E-state index is 6.46. The van der Waals surface area contributed by atoms with Crippen molar-refractivity contribution in [2.45, 2.75) is 12.1 Å². The predicted octanol–water partition coefficient (Wildman–Crippen LogP) is 6.89. The van der Waals surface area contributed by atoms with Gasteiger partial charge in [0, 0.05) is 37.2 Å². The van der Waals surface area contributed by atoms with Crippen molar-refractivity contribution in [1.82, 2.24) is 10.3 Å². The Hall–Kier alpha value is -3.06. The second kappa shape index (κ2) is 9.29. The van der Waals surface area contributed by atoms with E-state index in [1.807, 2.05) is 56.6 Å². The Balaban J connectivity index is 1.59. The van der Waals surface area contributed by atoms with Gasteiger partial charge in [-0.1, -0.05) is 35.3 Å². The molecule has 172 valence electrons. The number of furan rings is 1. The van der Waals surface area contributed by atoms with Gasteiger partial charge in [-0.3, -0.25) is 4.98 Å². The molecule has 0 radical (unpaired) electrons. The molecule has 5 rings (SSSR count). The predicted molar refractivity (Wildman–Crippen MR) is 143 cm³/mol. The van der Waals surface area contributed by atoms with Crippen molar-refractivity contribution >= 4 is 51.9 Å². The molecule has 3 heterocycles. The van der Waals surface area contributed by atoms with Crippen LogP contribution in [0.1, 0.15) is 23.5 Å². The summed E-state index contributed by atoms with van der Waals surface area (Å²) in [5.74, 6) is 1.38. The number of nitrogens with zero attached hydrogens (tertiary/aromatic N) is 3. The molecule has 0 aliphatic carbocycles. The van der Waals surface area contributed by atoms with Crippen LogP contribution in [0.25, 0.3) is 11.3 Å². The number of aromatic nitrogens is 1. The minimum Gasteiger partial charge on any atom is -0.459 e. The Bertz CT molecular complexity index is 1320. The summed E-state index contributed by atoms with van der Waals surface area (Å²) in [6, 6.07) is 23.1. The molecular formula is C26H22Cl2N4OS. The molecular weight excluding hydrogens is 487 g/mol. The largest absolute Gasteiger partial charge is 0.459 e. The highest BCUT2D eigenvalue weighted by Gasteiger charge is 2.42. The van der Waals surface area contributed by atoms with Gasteiger partial charge in [0.2, 0.25) is 0 Å². The summed E-state index contributed by atoms with van der Waals surface area (Å²) in [6.45, 7) is 0. The lowest BCUT2D eigenvalue weighted by atomic mass is 10.0. The molecule has 2 aromatic carbocycles. The van der Waals surface area contributed by atoms with Gasteiger partial charge in [-0.25, -0.2) is 0 Å². The van der Waals surface area contributed by atoms with E-state index in [0.717, 1.165) is 28.4 Å². The fraction of sp³-hybridized carbons (Fsp3) is 0.154. The van der Waals surface area contributed by atoms with Crippen molar-refractivity contribution in [3.63, 3.8) is 0 Å². The molecule has 8 heteroatoms. The molecule has 2 atom stereocenters. The number of halogens is 2. The van der Waals surface area contributed by atoms with Gasteiger partial charge in [-0.2, -0.15) is 0 Å². The van der Waals surface area contributed by atoms with E-state index in [1.54, 1.807) is 12.3 Å². The highest BCUT2D eigenvalue weighted by atomic mass is 35.5. The SMILES string of the molecule is CN(C)c1ccc(N2C(=S)N[C@@H](c3ccccn3)[C@H]2c2ccc(-c3cccc(Cl)c3Cl)o2)cc1. The molecule has 0 spiro atoms. The van der Waals surface area contributed by atoms with E-state index in [9.17, 15) is 0 Å². The highest BCUT2D eigenvalue weighted by Crippen LogP contribution is 2.44. The van der Waals surface area contributed by atoms with Crippen molar-refractivity contribution in [2.24, 2.45) is 0 Å². The third-order valence-electron chi connectivity index (χ3n) is 5.88. The second-order valence-corrected chi connectivity index (χ2v) is 9.38. The van der Waals surface area contributed by atoms with Crippen molar-refractivity contribution in [3.8, 4) is 11.3 Å². The molecule has 2 aromatic heterocycles. The second-order valence-electron chi connectivity index (χ2n) is 8.21. The Morgan fingerprint density at radius 1 is 0.971 bits per heavy atom. The van der Waals surface area contributed by atoms with Crippen molar-refractivity contribution in [2.75, 3.05) is 23.9 Å². The average molecular weight is 509 g/mol. The standard InChI is InChI=1S/C26H22Cl2N4OS/c1-31(2)16-9-11-17(12-10-16)32-25(24(30-26(32)34)20-8-3-4-15-29-20)22-14-13-21(33-22)18-6-5-7-19(27)23(18)28/h3-15,24-25H,1-2H3,(H,30,34)/t24-,25+/m0/s1. The molecule has 1 aliphatic rings. The molecule has 0 saturated carbocycles. The smallest absolute Gasteiger partial charge is 0.174 e. The van der Waals surface area contributed by atoms with Crippen LogP contribution in [0.15, 0.2) is 83.4 Å². The molecule has 0 bridgehead atoms. The maximum Gasteiger partial charge on any atom is 0.174 e. The number of rotatable bonds is 5. The topological polar surface area (TPSA) is 44.5 Å². The van der Waals surface area contributed by atoms with Crippen LogP contribution in [0.5, 0.6) is 0 Å². The lowest BCUT2D eigenvalue weighted by molar-refractivity contribution is 0.439. The first-order valence-electron chi connectivity index (χ1n) is 10.8.